The molecule has 0 heterocycles. The van der Waals surface area contributed by atoms with Crippen molar-refractivity contribution in [2.45, 2.75) is 38.5 Å². The van der Waals surface area contributed by atoms with Gasteiger partial charge in [-0.1, -0.05) is 161 Å². The molecule has 0 saturated carbocycles. The van der Waals surface area contributed by atoms with Crippen molar-refractivity contribution in [1.82, 2.24) is 0 Å². The Kier molecular flexibility index (Phi) is 7.57. The number of benzene rings is 7. The maximum absolute atomic E-state index is 2.43. The first-order chi connectivity index (χ1) is 23.8. The predicted octanol–water partition coefficient (Wildman–Crippen LogP) is 13.4. The zero-order valence-corrected chi connectivity index (χ0v) is 28.7. The summed E-state index contributed by atoms with van der Waals surface area (Å²) in [7, 11) is 0. The number of hydrogen-bond acceptors (Lipinski definition) is 1. The van der Waals surface area contributed by atoms with E-state index in [9.17, 15) is 0 Å². The van der Waals surface area contributed by atoms with Crippen LogP contribution in [0, 0.1) is 0 Å². The standard InChI is InChI=1S/C48H41N/c1-47(2)45-30-29-38(33-44(45)43-28-16-27-42(46(43)48(47,3)4)35-19-10-6-11-20-35)37-22-15-26-41(32-37)49(39-23-12-7-13-24-39)40-25-14-21-36(31-40)34-17-8-5-9-18-34/h5-33H,1-4H3. The molecule has 8 rings (SSSR count). The van der Waals surface area contributed by atoms with Gasteiger partial charge in [-0.2, -0.15) is 0 Å². The second-order valence-corrected chi connectivity index (χ2v) is 14.2. The molecule has 0 bridgehead atoms. The second kappa shape index (κ2) is 12.1. The summed E-state index contributed by atoms with van der Waals surface area (Å²) in [4.78, 5) is 2.36. The average Bonchev–Trinajstić information content (AvgIpc) is 3.15. The highest BCUT2D eigenvalue weighted by Gasteiger charge is 2.47. The van der Waals surface area contributed by atoms with Crippen molar-refractivity contribution in [3.05, 3.63) is 187 Å². The summed E-state index contributed by atoms with van der Waals surface area (Å²) in [5, 5.41) is 0. The van der Waals surface area contributed by atoms with Gasteiger partial charge in [-0.25, -0.2) is 0 Å². The van der Waals surface area contributed by atoms with Crippen LogP contribution in [-0.4, -0.2) is 0 Å². The van der Waals surface area contributed by atoms with E-state index in [2.05, 4.69) is 209 Å². The molecule has 1 heteroatoms. The van der Waals surface area contributed by atoms with Gasteiger partial charge in [0.25, 0.3) is 0 Å². The van der Waals surface area contributed by atoms with Crippen LogP contribution in [0.15, 0.2) is 176 Å². The SMILES string of the molecule is CC1(C)c2ccc(-c3cccc(N(c4ccccc4)c4cccc(-c5ccccc5)c4)c3)cc2-c2cccc(-c3ccccc3)c2C1(C)C. The number of nitrogens with zero attached hydrogens (tertiary/aromatic N) is 1. The first-order valence-electron chi connectivity index (χ1n) is 17.3. The van der Waals surface area contributed by atoms with Crippen molar-refractivity contribution >= 4 is 17.1 Å². The van der Waals surface area contributed by atoms with Crippen molar-refractivity contribution in [1.29, 1.82) is 0 Å². The van der Waals surface area contributed by atoms with Crippen molar-refractivity contribution < 1.29 is 0 Å². The molecule has 0 unspecified atom stereocenters. The Bertz CT molecular complexity index is 2260. The van der Waals surface area contributed by atoms with Crippen molar-refractivity contribution in [2.24, 2.45) is 0 Å². The summed E-state index contributed by atoms with van der Waals surface area (Å²) in [5.41, 5.74) is 16.1. The maximum atomic E-state index is 2.43. The van der Waals surface area contributed by atoms with Crippen LogP contribution in [0.4, 0.5) is 17.1 Å². The van der Waals surface area contributed by atoms with Gasteiger partial charge >= 0.3 is 0 Å². The molecule has 7 aromatic carbocycles. The molecule has 7 aromatic rings. The van der Waals surface area contributed by atoms with Crippen LogP contribution >= 0.6 is 0 Å². The van der Waals surface area contributed by atoms with E-state index in [1.54, 1.807) is 0 Å². The van der Waals surface area contributed by atoms with Crippen LogP contribution < -0.4 is 4.90 Å². The molecule has 1 nitrogen and oxygen atoms in total. The molecule has 49 heavy (non-hydrogen) atoms. The van der Waals surface area contributed by atoms with Gasteiger partial charge in [0.2, 0.25) is 0 Å². The molecule has 0 amide bonds. The van der Waals surface area contributed by atoms with Crippen LogP contribution in [0.2, 0.25) is 0 Å². The fourth-order valence-electron chi connectivity index (χ4n) is 7.75. The molecule has 0 aromatic heterocycles. The molecule has 0 spiro atoms. The zero-order valence-electron chi connectivity index (χ0n) is 28.7. The molecule has 0 aliphatic heterocycles. The lowest BCUT2D eigenvalue weighted by Gasteiger charge is -2.49. The summed E-state index contributed by atoms with van der Waals surface area (Å²) in [6.07, 6.45) is 0. The smallest absolute Gasteiger partial charge is 0.0467 e. The fraction of sp³-hybridized carbons (Fsp3) is 0.125. The molecule has 0 saturated heterocycles. The quantitative estimate of drug-likeness (QED) is 0.176. The summed E-state index contributed by atoms with van der Waals surface area (Å²) in [6.45, 7) is 9.67. The van der Waals surface area contributed by atoms with Crippen LogP contribution in [0.5, 0.6) is 0 Å². The number of rotatable bonds is 6. The number of hydrogen-bond donors (Lipinski definition) is 0. The normalized spacial score (nSPS) is 14.0. The van der Waals surface area contributed by atoms with Crippen LogP contribution in [0.1, 0.15) is 38.8 Å². The predicted molar refractivity (Wildman–Crippen MR) is 209 cm³/mol. The Balaban J connectivity index is 1.26. The number of fused-ring (bicyclic) bond motifs is 3. The minimum Gasteiger partial charge on any atom is -0.310 e. The minimum absolute atomic E-state index is 0.0749. The van der Waals surface area contributed by atoms with Gasteiger partial charge in [0.15, 0.2) is 0 Å². The third-order valence-electron chi connectivity index (χ3n) is 11.0. The van der Waals surface area contributed by atoms with Crippen LogP contribution in [0.25, 0.3) is 44.5 Å². The van der Waals surface area contributed by atoms with Gasteiger partial charge in [0.05, 0.1) is 0 Å². The lowest BCUT2D eigenvalue weighted by Crippen LogP contribution is -2.44. The highest BCUT2D eigenvalue weighted by atomic mass is 15.1. The lowest BCUT2D eigenvalue weighted by molar-refractivity contribution is 0.300. The summed E-state index contributed by atoms with van der Waals surface area (Å²) >= 11 is 0. The van der Waals surface area contributed by atoms with E-state index in [4.69, 9.17) is 0 Å². The third-order valence-corrected chi connectivity index (χ3v) is 11.0. The van der Waals surface area contributed by atoms with E-state index in [1.165, 1.54) is 55.6 Å². The van der Waals surface area contributed by atoms with E-state index in [0.29, 0.717) is 0 Å². The van der Waals surface area contributed by atoms with E-state index in [1.807, 2.05) is 0 Å². The highest BCUT2D eigenvalue weighted by molar-refractivity contribution is 5.88. The molecular formula is C48H41N. The van der Waals surface area contributed by atoms with E-state index < -0.39 is 0 Å². The molecule has 0 radical (unpaired) electrons. The van der Waals surface area contributed by atoms with Gasteiger partial charge < -0.3 is 4.90 Å². The van der Waals surface area contributed by atoms with Gasteiger partial charge in [0.1, 0.15) is 0 Å². The summed E-state index contributed by atoms with van der Waals surface area (Å²) in [5.74, 6) is 0. The minimum atomic E-state index is -0.0757. The highest BCUT2D eigenvalue weighted by Crippen LogP contribution is 2.56. The summed E-state index contributed by atoms with van der Waals surface area (Å²) < 4.78 is 0. The van der Waals surface area contributed by atoms with Crippen molar-refractivity contribution in [3.63, 3.8) is 0 Å². The monoisotopic (exact) mass is 631 g/mol. The molecule has 1 aliphatic rings. The van der Waals surface area contributed by atoms with E-state index in [0.717, 1.165) is 17.1 Å². The van der Waals surface area contributed by atoms with Gasteiger partial charge in [-0.15, -0.1) is 0 Å². The summed E-state index contributed by atoms with van der Waals surface area (Å²) in [6, 6.07) is 64.0. The average molecular weight is 632 g/mol. The number of para-hydroxylation sites is 1. The molecule has 0 N–H and O–H groups in total. The molecule has 0 fully saturated rings. The third kappa shape index (κ3) is 5.27. The van der Waals surface area contributed by atoms with E-state index >= 15 is 0 Å². The van der Waals surface area contributed by atoms with Crippen molar-refractivity contribution in [3.8, 4) is 44.5 Å². The molecule has 0 atom stereocenters. The topological polar surface area (TPSA) is 3.24 Å². The number of anilines is 3. The van der Waals surface area contributed by atoms with Crippen LogP contribution in [-0.2, 0) is 10.8 Å². The Hall–Kier alpha value is -5.66. The maximum Gasteiger partial charge on any atom is 0.0467 e. The first kappa shape index (κ1) is 30.7. The fourth-order valence-corrected chi connectivity index (χ4v) is 7.75. The largest absolute Gasteiger partial charge is 0.310 e. The van der Waals surface area contributed by atoms with Gasteiger partial charge in [0, 0.05) is 22.5 Å². The first-order valence-corrected chi connectivity index (χ1v) is 17.3. The van der Waals surface area contributed by atoms with Crippen molar-refractivity contribution in [2.75, 3.05) is 4.90 Å². The lowest BCUT2D eigenvalue weighted by atomic mass is 9.54. The van der Waals surface area contributed by atoms with Gasteiger partial charge in [-0.05, 0) is 104 Å². The van der Waals surface area contributed by atoms with Gasteiger partial charge in [-0.3, -0.25) is 0 Å². The molecular weight excluding hydrogens is 591 g/mol. The second-order valence-electron chi connectivity index (χ2n) is 14.2. The molecule has 238 valence electrons. The Morgan fingerprint density at radius 2 is 0.796 bits per heavy atom. The zero-order chi connectivity index (χ0) is 33.6. The van der Waals surface area contributed by atoms with E-state index in [-0.39, 0.29) is 10.8 Å². The Morgan fingerprint density at radius 3 is 1.43 bits per heavy atom. The Labute approximate surface area is 291 Å². The van der Waals surface area contributed by atoms with Crippen LogP contribution in [0.3, 0.4) is 0 Å². The Morgan fingerprint density at radius 1 is 0.327 bits per heavy atom. The molecule has 1 aliphatic carbocycles.